The molecule has 1 amide bonds. The van der Waals surface area contributed by atoms with Crippen LogP contribution in [0.3, 0.4) is 0 Å². The summed E-state index contributed by atoms with van der Waals surface area (Å²) >= 11 is 3.29. The second-order valence-corrected chi connectivity index (χ2v) is 7.78. The number of carboxylic acid groups (broad SMARTS) is 1. The van der Waals surface area contributed by atoms with E-state index in [1.807, 2.05) is 54.8 Å². The van der Waals surface area contributed by atoms with Gasteiger partial charge in [0, 0.05) is 15.5 Å². The molecular weight excluding hydrogens is 354 g/mol. The number of benzene rings is 2. The van der Waals surface area contributed by atoms with Crippen molar-refractivity contribution in [2.45, 2.75) is 28.2 Å². The lowest BCUT2D eigenvalue weighted by Crippen LogP contribution is -2.34. The van der Waals surface area contributed by atoms with Gasteiger partial charge in [-0.2, -0.15) is 0 Å². The van der Waals surface area contributed by atoms with Crippen LogP contribution < -0.4 is 5.32 Å². The summed E-state index contributed by atoms with van der Waals surface area (Å²) in [4.78, 5) is 26.3. The lowest BCUT2D eigenvalue weighted by atomic mass is 9.98. The summed E-state index contributed by atoms with van der Waals surface area (Å²) in [5.74, 6) is -0.586. The molecular formula is C19H19NO3S2. The summed E-state index contributed by atoms with van der Waals surface area (Å²) in [7, 11) is 0. The third kappa shape index (κ3) is 4.19. The first-order chi connectivity index (χ1) is 12.1. The number of hydrogen-bond donors (Lipinski definition) is 2. The van der Waals surface area contributed by atoms with Gasteiger partial charge in [0.2, 0.25) is 5.91 Å². The van der Waals surface area contributed by atoms with E-state index < -0.39 is 12.0 Å². The number of aliphatic carboxylic acids is 1. The topological polar surface area (TPSA) is 66.4 Å². The molecule has 0 saturated heterocycles. The average molecular weight is 373 g/mol. The van der Waals surface area contributed by atoms with Crippen molar-refractivity contribution >= 4 is 35.4 Å². The number of thioether (sulfide) groups is 2. The third-order valence-corrected chi connectivity index (χ3v) is 6.16. The molecule has 0 fully saturated rings. The summed E-state index contributed by atoms with van der Waals surface area (Å²) in [6.45, 7) is 0. The molecule has 0 spiro atoms. The number of rotatable bonds is 6. The quantitative estimate of drug-likeness (QED) is 0.751. The van der Waals surface area contributed by atoms with Gasteiger partial charge in [-0.15, -0.1) is 23.5 Å². The van der Waals surface area contributed by atoms with Crippen molar-refractivity contribution in [1.82, 2.24) is 5.32 Å². The van der Waals surface area contributed by atoms with Crippen molar-refractivity contribution < 1.29 is 14.7 Å². The van der Waals surface area contributed by atoms with E-state index in [1.165, 1.54) is 0 Å². The normalized spacial score (nSPS) is 16.9. The molecule has 3 rings (SSSR count). The molecule has 0 saturated carbocycles. The summed E-state index contributed by atoms with van der Waals surface area (Å²) < 4.78 is 0. The Hall–Kier alpha value is -1.92. The zero-order valence-corrected chi connectivity index (χ0v) is 15.4. The van der Waals surface area contributed by atoms with E-state index in [9.17, 15) is 14.7 Å². The fraction of sp³-hybridized carbons (Fsp3) is 0.263. The Balaban J connectivity index is 1.78. The minimum atomic E-state index is -0.930. The Labute approximate surface area is 155 Å². The third-order valence-electron chi connectivity index (χ3n) is 4.23. The number of carboxylic acids is 1. The highest BCUT2D eigenvalue weighted by Crippen LogP contribution is 2.39. The van der Waals surface area contributed by atoms with Crippen LogP contribution in [0.15, 0.2) is 58.3 Å². The first-order valence-electron chi connectivity index (χ1n) is 7.96. The summed E-state index contributed by atoms with van der Waals surface area (Å²) in [5, 5.41) is 12.2. The molecule has 1 heterocycles. The maximum absolute atomic E-state index is 12.8. The van der Waals surface area contributed by atoms with Gasteiger partial charge >= 0.3 is 5.97 Å². The van der Waals surface area contributed by atoms with Crippen LogP contribution in [0, 0.1) is 0 Å². The largest absolute Gasteiger partial charge is 0.481 e. The minimum Gasteiger partial charge on any atom is -0.481 e. The van der Waals surface area contributed by atoms with Gasteiger partial charge in [0.15, 0.2) is 0 Å². The molecule has 6 heteroatoms. The molecule has 1 aliphatic heterocycles. The van der Waals surface area contributed by atoms with E-state index in [-0.39, 0.29) is 18.2 Å². The van der Waals surface area contributed by atoms with Crippen molar-refractivity contribution in [1.29, 1.82) is 0 Å². The van der Waals surface area contributed by atoms with E-state index in [0.29, 0.717) is 5.75 Å². The second kappa shape index (κ2) is 7.97. The Kier molecular flexibility index (Phi) is 5.71. The fourth-order valence-corrected chi connectivity index (χ4v) is 4.55. The number of carbonyl (C=O) groups excluding carboxylic acids is 1. The first-order valence-corrected chi connectivity index (χ1v) is 10.2. The van der Waals surface area contributed by atoms with Gasteiger partial charge in [-0.05, 0) is 35.6 Å². The van der Waals surface area contributed by atoms with Gasteiger partial charge in [0.1, 0.15) is 0 Å². The smallest absolute Gasteiger partial charge is 0.305 e. The molecule has 0 radical (unpaired) electrons. The van der Waals surface area contributed by atoms with Crippen LogP contribution in [0.25, 0.3) is 0 Å². The first kappa shape index (κ1) is 17.9. The Bertz CT molecular complexity index is 776. The number of fused-ring (bicyclic) bond motifs is 1. The number of nitrogens with one attached hydrogen (secondary N) is 1. The molecule has 2 N–H and O–H groups in total. The van der Waals surface area contributed by atoms with Crippen LogP contribution in [0.1, 0.15) is 29.5 Å². The number of amides is 1. The van der Waals surface area contributed by atoms with E-state index in [2.05, 4.69) is 5.32 Å². The van der Waals surface area contributed by atoms with E-state index in [4.69, 9.17) is 0 Å². The molecule has 130 valence electrons. The van der Waals surface area contributed by atoms with Crippen LogP contribution in [-0.2, 0) is 9.59 Å². The summed E-state index contributed by atoms with van der Waals surface area (Å²) in [6.07, 6.45) is 1.85. The van der Waals surface area contributed by atoms with Gasteiger partial charge in [-0.25, -0.2) is 0 Å². The minimum absolute atomic E-state index is 0.113. The zero-order chi connectivity index (χ0) is 17.8. The predicted molar refractivity (Wildman–Crippen MR) is 101 cm³/mol. The Morgan fingerprint density at radius 2 is 1.96 bits per heavy atom. The van der Waals surface area contributed by atoms with Crippen molar-refractivity contribution in [3.05, 3.63) is 59.7 Å². The van der Waals surface area contributed by atoms with Gasteiger partial charge in [-0.1, -0.05) is 30.3 Å². The number of carbonyl (C=O) groups is 2. The zero-order valence-electron chi connectivity index (χ0n) is 13.8. The molecule has 4 nitrogen and oxygen atoms in total. The fourth-order valence-electron chi connectivity index (χ4n) is 2.92. The molecule has 2 aromatic rings. The van der Waals surface area contributed by atoms with Crippen molar-refractivity contribution in [3.8, 4) is 0 Å². The average Bonchev–Trinajstić information content (AvgIpc) is 3.05. The molecule has 2 atom stereocenters. The Morgan fingerprint density at radius 1 is 1.24 bits per heavy atom. The highest BCUT2D eigenvalue weighted by molar-refractivity contribution is 7.99. The van der Waals surface area contributed by atoms with Crippen LogP contribution >= 0.6 is 23.5 Å². The SMILES string of the molecule is CSc1ccc(C(CC(=O)O)NC(=O)C2CSc3ccccc32)cc1. The van der Waals surface area contributed by atoms with Crippen molar-refractivity contribution in [3.63, 3.8) is 0 Å². The monoisotopic (exact) mass is 373 g/mol. The number of hydrogen-bond acceptors (Lipinski definition) is 4. The maximum Gasteiger partial charge on any atom is 0.305 e. The molecule has 0 aliphatic carbocycles. The lowest BCUT2D eigenvalue weighted by Gasteiger charge is -2.20. The van der Waals surface area contributed by atoms with Gasteiger partial charge in [0.05, 0.1) is 18.4 Å². The molecule has 0 bridgehead atoms. The maximum atomic E-state index is 12.8. The summed E-state index contributed by atoms with van der Waals surface area (Å²) in [6, 6.07) is 15.0. The van der Waals surface area contributed by atoms with E-state index in [0.717, 1.165) is 20.9 Å². The van der Waals surface area contributed by atoms with Crippen LogP contribution in [0.2, 0.25) is 0 Å². The van der Waals surface area contributed by atoms with Gasteiger partial charge in [-0.3, -0.25) is 9.59 Å². The van der Waals surface area contributed by atoms with E-state index >= 15 is 0 Å². The summed E-state index contributed by atoms with van der Waals surface area (Å²) in [5.41, 5.74) is 1.84. The van der Waals surface area contributed by atoms with Gasteiger partial charge in [0.25, 0.3) is 0 Å². The standard InChI is InChI=1S/C19H19NO3S2/c1-24-13-8-6-12(7-9-13)16(10-18(21)22)20-19(23)15-11-25-17-5-3-2-4-14(15)17/h2-9,15-16H,10-11H2,1H3,(H,20,23)(H,21,22). The van der Waals surface area contributed by atoms with Gasteiger partial charge < -0.3 is 10.4 Å². The highest BCUT2D eigenvalue weighted by Gasteiger charge is 2.30. The van der Waals surface area contributed by atoms with Crippen LogP contribution in [0.5, 0.6) is 0 Å². The van der Waals surface area contributed by atoms with Crippen LogP contribution in [0.4, 0.5) is 0 Å². The molecule has 25 heavy (non-hydrogen) atoms. The van der Waals surface area contributed by atoms with Crippen molar-refractivity contribution in [2.24, 2.45) is 0 Å². The highest BCUT2D eigenvalue weighted by atomic mass is 32.2. The van der Waals surface area contributed by atoms with Crippen LogP contribution in [-0.4, -0.2) is 29.0 Å². The molecule has 2 unspecified atom stereocenters. The molecule has 2 aromatic carbocycles. The van der Waals surface area contributed by atoms with Crippen molar-refractivity contribution in [2.75, 3.05) is 12.0 Å². The molecule has 1 aliphatic rings. The second-order valence-electron chi connectivity index (χ2n) is 5.83. The van der Waals surface area contributed by atoms with E-state index in [1.54, 1.807) is 23.5 Å². The Morgan fingerprint density at radius 3 is 2.64 bits per heavy atom. The predicted octanol–water partition coefficient (Wildman–Crippen LogP) is 3.93. The lowest BCUT2D eigenvalue weighted by molar-refractivity contribution is -0.137. The molecule has 0 aromatic heterocycles.